The van der Waals surface area contributed by atoms with Gasteiger partial charge in [-0.15, -0.1) is 0 Å². The Morgan fingerprint density at radius 3 is 1.89 bits per heavy atom. The lowest BCUT2D eigenvalue weighted by molar-refractivity contribution is -0.137. The van der Waals surface area contributed by atoms with Crippen molar-refractivity contribution in [3.63, 3.8) is 0 Å². The summed E-state index contributed by atoms with van der Waals surface area (Å²) in [5.41, 5.74) is 8.72. The second-order valence-corrected chi connectivity index (χ2v) is 9.98. The van der Waals surface area contributed by atoms with E-state index in [1.165, 1.54) is 48.9 Å². The highest BCUT2D eigenvalue weighted by molar-refractivity contribution is 5.71. The minimum Gasteiger partial charge on any atom is -0.296 e. The number of hydrogen-bond donors (Lipinski definition) is 0. The summed E-state index contributed by atoms with van der Waals surface area (Å²) in [5.74, 6) is 0.648. The minimum atomic E-state index is -4.37. The fourth-order valence-corrected chi connectivity index (χ4v) is 4.98. The summed E-state index contributed by atoms with van der Waals surface area (Å²) >= 11 is 0. The third-order valence-electron chi connectivity index (χ3n) is 7.14. The van der Waals surface area contributed by atoms with Gasteiger partial charge in [0.05, 0.1) is 16.9 Å². The molecule has 0 fully saturated rings. The number of halogens is 3. The van der Waals surface area contributed by atoms with Gasteiger partial charge < -0.3 is 0 Å². The van der Waals surface area contributed by atoms with E-state index in [4.69, 9.17) is 4.98 Å². The maximum Gasteiger partial charge on any atom is 0.416 e. The van der Waals surface area contributed by atoms with Crippen LogP contribution in [0, 0.1) is 27.7 Å². The van der Waals surface area contributed by atoms with Gasteiger partial charge in [-0.1, -0.05) is 62.6 Å². The first-order valence-electron chi connectivity index (χ1n) is 13.0. The van der Waals surface area contributed by atoms with Crippen molar-refractivity contribution in [3.8, 4) is 28.2 Å². The molecular formula is C32H35F3N2. The molecule has 4 aromatic rings. The predicted molar refractivity (Wildman–Crippen MR) is 146 cm³/mol. The number of alkyl halides is 3. The maximum atomic E-state index is 13.1. The largest absolute Gasteiger partial charge is 0.416 e. The van der Waals surface area contributed by atoms with Crippen molar-refractivity contribution in [1.29, 1.82) is 0 Å². The number of aryl methyl sites for hydroxylation is 4. The molecule has 0 unspecified atom stereocenters. The van der Waals surface area contributed by atoms with E-state index in [-0.39, 0.29) is 0 Å². The minimum absolute atomic E-state index is 0.648. The van der Waals surface area contributed by atoms with E-state index in [9.17, 15) is 13.2 Å². The summed E-state index contributed by atoms with van der Waals surface area (Å²) in [5, 5.41) is 0. The molecule has 5 heteroatoms. The molecular weight excluding hydrogens is 469 g/mol. The number of hydrogen-bond acceptors (Lipinski definition) is 1. The molecule has 4 rings (SSSR count). The average Bonchev–Trinajstić information content (AvgIpc) is 3.15. The molecule has 1 heterocycles. The molecule has 2 nitrogen and oxygen atoms in total. The molecule has 0 spiro atoms. The molecule has 0 saturated carbocycles. The molecule has 0 atom stereocenters. The highest BCUT2D eigenvalue weighted by Crippen LogP contribution is 2.35. The van der Waals surface area contributed by atoms with E-state index in [2.05, 4.69) is 61.7 Å². The highest BCUT2D eigenvalue weighted by Gasteiger charge is 2.30. The van der Waals surface area contributed by atoms with Gasteiger partial charge in [0.15, 0.2) is 0 Å². The zero-order valence-corrected chi connectivity index (χ0v) is 22.3. The molecule has 194 valence electrons. The number of unbranched alkanes of at least 4 members (excludes halogenated alkanes) is 3. The van der Waals surface area contributed by atoms with Gasteiger partial charge in [0.1, 0.15) is 5.82 Å². The van der Waals surface area contributed by atoms with E-state index < -0.39 is 11.7 Å². The summed E-state index contributed by atoms with van der Waals surface area (Å²) in [6.45, 7) is 10.3. The van der Waals surface area contributed by atoms with Crippen LogP contribution in [0.5, 0.6) is 0 Å². The van der Waals surface area contributed by atoms with Crippen LogP contribution in [0.15, 0.2) is 60.7 Å². The molecule has 37 heavy (non-hydrogen) atoms. The van der Waals surface area contributed by atoms with E-state index >= 15 is 0 Å². The van der Waals surface area contributed by atoms with Gasteiger partial charge in [-0.05, 0) is 92.6 Å². The summed E-state index contributed by atoms with van der Waals surface area (Å²) in [6, 6.07) is 18.5. The smallest absolute Gasteiger partial charge is 0.296 e. The van der Waals surface area contributed by atoms with Crippen LogP contribution in [-0.2, 0) is 12.6 Å². The van der Waals surface area contributed by atoms with Crippen LogP contribution in [-0.4, -0.2) is 9.55 Å². The lowest BCUT2D eigenvalue weighted by Gasteiger charge is -2.18. The van der Waals surface area contributed by atoms with E-state index in [0.29, 0.717) is 11.4 Å². The Morgan fingerprint density at radius 1 is 0.730 bits per heavy atom. The molecule has 0 saturated heterocycles. The summed E-state index contributed by atoms with van der Waals surface area (Å²) in [4.78, 5) is 4.74. The normalized spacial score (nSPS) is 11.8. The first-order valence-corrected chi connectivity index (χ1v) is 13.0. The van der Waals surface area contributed by atoms with E-state index in [1.54, 1.807) is 0 Å². The third-order valence-corrected chi connectivity index (χ3v) is 7.14. The van der Waals surface area contributed by atoms with Crippen molar-refractivity contribution in [2.24, 2.45) is 0 Å². The quantitative estimate of drug-likeness (QED) is 0.218. The second-order valence-electron chi connectivity index (χ2n) is 9.98. The zero-order chi connectivity index (χ0) is 26.7. The fourth-order valence-electron chi connectivity index (χ4n) is 4.98. The Bertz CT molecular complexity index is 1340. The first-order chi connectivity index (χ1) is 17.6. The van der Waals surface area contributed by atoms with Crippen molar-refractivity contribution >= 4 is 0 Å². The molecule has 0 radical (unpaired) electrons. The van der Waals surface area contributed by atoms with Gasteiger partial charge in [0.25, 0.3) is 0 Å². The van der Waals surface area contributed by atoms with Crippen molar-refractivity contribution in [1.82, 2.24) is 9.55 Å². The number of benzene rings is 3. The molecule has 0 aliphatic heterocycles. The first kappa shape index (κ1) is 26.7. The van der Waals surface area contributed by atoms with Gasteiger partial charge in [0.2, 0.25) is 0 Å². The van der Waals surface area contributed by atoms with Crippen LogP contribution in [0.3, 0.4) is 0 Å². The van der Waals surface area contributed by atoms with Gasteiger partial charge in [-0.2, -0.15) is 13.2 Å². The third kappa shape index (κ3) is 5.82. The van der Waals surface area contributed by atoms with E-state index in [1.807, 2.05) is 13.8 Å². The zero-order valence-electron chi connectivity index (χ0n) is 22.3. The molecule has 1 aromatic heterocycles. The molecule has 3 aromatic carbocycles. The van der Waals surface area contributed by atoms with Crippen LogP contribution in [0.1, 0.15) is 66.2 Å². The Morgan fingerprint density at radius 2 is 1.32 bits per heavy atom. The van der Waals surface area contributed by atoms with E-state index in [0.717, 1.165) is 52.3 Å². The summed E-state index contributed by atoms with van der Waals surface area (Å²) < 4.78 is 41.4. The van der Waals surface area contributed by atoms with Crippen LogP contribution in [0.2, 0.25) is 0 Å². The van der Waals surface area contributed by atoms with Crippen LogP contribution < -0.4 is 0 Å². The molecule has 0 aliphatic rings. The molecule has 0 aliphatic carbocycles. The van der Waals surface area contributed by atoms with Crippen LogP contribution in [0.4, 0.5) is 13.2 Å². The van der Waals surface area contributed by atoms with Gasteiger partial charge in [0, 0.05) is 11.3 Å². The second kappa shape index (κ2) is 11.0. The maximum absolute atomic E-state index is 13.1. The summed E-state index contributed by atoms with van der Waals surface area (Å²) in [6.07, 6.45) is 1.79. The Balaban J connectivity index is 1.68. The number of rotatable bonds is 8. The lowest BCUT2D eigenvalue weighted by Crippen LogP contribution is -2.06. The van der Waals surface area contributed by atoms with Crippen molar-refractivity contribution in [2.75, 3.05) is 0 Å². The fraction of sp³-hybridized carbons (Fsp3) is 0.344. The van der Waals surface area contributed by atoms with Gasteiger partial charge in [-0.25, -0.2) is 4.98 Å². The van der Waals surface area contributed by atoms with Crippen molar-refractivity contribution < 1.29 is 13.2 Å². The molecule has 0 amide bonds. The molecule has 0 bridgehead atoms. The molecule has 0 N–H and O–H groups in total. The van der Waals surface area contributed by atoms with Crippen LogP contribution >= 0.6 is 0 Å². The standard InChI is InChI=1S/C32H35F3N2/c1-6-7-8-9-10-25-11-13-26(14-12-25)28-19-21(2)30(22(3)20-28)37-24(5)23(4)36-31(37)27-15-17-29(18-16-27)32(33,34)35/h11-20H,6-10H2,1-5H3. The number of imidazole rings is 1. The monoisotopic (exact) mass is 504 g/mol. The number of aromatic nitrogens is 2. The lowest BCUT2D eigenvalue weighted by atomic mass is 9.96. The van der Waals surface area contributed by atoms with Crippen LogP contribution in [0.25, 0.3) is 28.2 Å². The topological polar surface area (TPSA) is 17.8 Å². The predicted octanol–water partition coefficient (Wildman–Crippen LogP) is 9.58. The highest BCUT2D eigenvalue weighted by atomic mass is 19.4. The van der Waals surface area contributed by atoms with Gasteiger partial charge >= 0.3 is 6.18 Å². The average molecular weight is 505 g/mol. The summed E-state index contributed by atoms with van der Waals surface area (Å²) in [7, 11) is 0. The Kier molecular flexibility index (Phi) is 7.91. The van der Waals surface area contributed by atoms with Crippen molar-refractivity contribution in [3.05, 3.63) is 94.3 Å². The number of nitrogens with zero attached hydrogens (tertiary/aromatic N) is 2. The Labute approximate surface area is 218 Å². The Hall–Kier alpha value is -3.34. The van der Waals surface area contributed by atoms with Crippen molar-refractivity contribution in [2.45, 2.75) is 72.9 Å². The SMILES string of the molecule is CCCCCCc1ccc(-c2cc(C)c(-n3c(-c4ccc(C(F)(F)F)cc4)nc(C)c3C)c(C)c2)cc1. The van der Waals surface area contributed by atoms with Gasteiger partial charge in [-0.3, -0.25) is 4.57 Å².